The number of aromatic nitrogens is 1. The number of likely N-dealkylation sites (tertiary alicyclic amines) is 1. The fourth-order valence-corrected chi connectivity index (χ4v) is 4.09. The van der Waals surface area contributed by atoms with Crippen molar-refractivity contribution < 1.29 is 23.5 Å². The predicted octanol–water partition coefficient (Wildman–Crippen LogP) is 5.10. The van der Waals surface area contributed by atoms with Gasteiger partial charge in [-0.15, -0.1) is 0 Å². The molecule has 2 aliphatic heterocycles. The number of fused-ring (bicyclic) bond motifs is 3. The van der Waals surface area contributed by atoms with E-state index in [1.54, 1.807) is 26.8 Å². The highest BCUT2D eigenvalue weighted by molar-refractivity contribution is 9.10. The molecule has 2 bridgehead atoms. The van der Waals surface area contributed by atoms with Crippen molar-refractivity contribution in [3.8, 4) is 0 Å². The zero-order valence-electron chi connectivity index (χ0n) is 18.8. The van der Waals surface area contributed by atoms with E-state index in [4.69, 9.17) is 9.47 Å². The SMILES string of the molecule is CC(C)(C)OC(=O)N1C[C@@]2(F)COCCCCC/C=C/c3ccc(Br)nc3NC(=O)[C@@H]1C2. The summed E-state index contributed by atoms with van der Waals surface area (Å²) in [6.07, 6.45) is 6.73. The van der Waals surface area contributed by atoms with Gasteiger partial charge in [0.1, 0.15) is 22.1 Å². The number of alkyl halides is 1. The van der Waals surface area contributed by atoms with Crippen molar-refractivity contribution in [3.63, 3.8) is 0 Å². The number of amides is 2. The average Bonchev–Trinajstić information content (AvgIpc) is 3.04. The van der Waals surface area contributed by atoms with E-state index in [2.05, 4.69) is 26.2 Å². The molecule has 1 aromatic rings. The monoisotopic (exact) mass is 511 g/mol. The van der Waals surface area contributed by atoms with Gasteiger partial charge in [0.25, 0.3) is 0 Å². The third kappa shape index (κ3) is 6.75. The van der Waals surface area contributed by atoms with Crippen molar-refractivity contribution in [2.24, 2.45) is 0 Å². The smallest absolute Gasteiger partial charge is 0.411 e. The van der Waals surface area contributed by atoms with E-state index < -0.39 is 29.3 Å². The van der Waals surface area contributed by atoms with Gasteiger partial charge in [-0.2, -0.15) is 0 Å². The molecule has 7 nitrogen and oxygen atoms in total. The highest BCUT2D eigenvalue weighted by Crippen LogP contribution is 2.33. The van der Waals surface area contributed by atoms with Crippen LogP contribution in [-0.2, 0) is 14.3 Å². The number of halogens is 2. The molecule has 9 heteroatoms. The number of pyridine rings is 1. The van der Waals surface area contributed by atoms with Crippen LogP contribution in [0.4, 0.5) is 15.0 Å². The molecule has 2 amide bonds. The van der Waals surface area contributed by atoms with Gasteiger partial charge in [-0.1, -0.05) is 18.6 Å². The number of carbonyl (C=O) groups excluding carboxylic acids is 2. The largest absolute Gasteiger partial charge is 0.444 e. The fourth-order valence-electron chi connectivity index (χ4n) is 3.78. The van der Waals surface area contributed by atoms with E-state index in [-0.39, 0.29) is 19.6 Å². The maximum absolute atomic E-state index is 15.6. The molecule has 0 spiro atoms. The van der Waals surface area contributed by atoms with Gasteiger partial charge in [0.05, 0.1) is 13.2 Å². The molecular weight excluding hydrogens is 481 g/mol. The van der Waals surface area contributed by atoms with Crippen molar-refractivity contribution in [2.75, 3.05) is 25.1 Å². The summed E-state index contributed by atoms with van der Waals surface area (Å²) in [5.74, 6) is -0.160. The summed E-state index contributed by atoms with van der Waals surface area (Å²) in [6, 6.07) is 2.60. The van der Waals surface area contributed by atoms with Crippen LogP contribution in [0.15, 0.2) is 22.8 Å². The summed E-state index contributed by atoms with van der Waals surface area (Å²) in [5, 5.41) is 2.79. The Morgan fingerprint density at radius 3 is 2.88 bits per heavy atom. The minimum Gasteiger partial charge on any atom is -0.444 e. The van der Waals surface area contributed by atoms with Gasteiger partial charge < -0.3 is 14.8 Å². The molecule has 3 rings (SSSR count). The first-order chi connectivity index (χ1) is 15.1. The molecular formula is C23H31BrFN3O4. The number of hydrogen-bond acceptors (Lipinski definition) is 5. The molecule has 3 heterocycles. The van der Waals surface area contributed by atoms with E-state index in [1.807, 2.05) is 18.2 Å². The lowest BCUT2D eigenvalue weighted by molar-refractivity contribution is -0.120. The van der Waals surface area contributed by atoms with Gasteiger partial charge >= 0.3 is 6.09 Å². The van der Waals surface area contributed by atoms with Crippen molar-refractivity contribution in [1.29, 1.82) is 0 Å². The topological polar surface area (TPSA) is 80.8 Å². The Morgan fingerprint density at radius 1 is 1.34 bits per heavy atom. The summed E-state index contributed by atoms with van der Waals surface area (Å²) < 4.78 is 27.2. The molecule has 0 radical (unpaired) electrons. The van der Waals surface area contributed by atoms with Crippen LogP contribution >= 0.6 is 15.9 Å². The summed E-state index contributed by atoms with van der Waals surface area (Å²) in [4.78, 5) is 31.6. The van der Waals surface area contributed by atoms with E-state index in [0.29, 0.717) is 17.0 Å². The first-order valence-corrected chi connectivity index (χ1v) is 11.8. The van der Waals surface area contributed by atoms with Crippen LogP contribution in [0.3, 0.4) is 0 Å². The maximum Gasteiger partial charge on any atom is 0.411 e. The Bertz CT molecular complexity index is 873. The Balaban J connectivity index is 1.91. The first kappa shape index (κ1) is 24.6. The molecule has 0 saturated carbocycles. The Morgan fingerprint density at radius 2 is 2.12 bits per heavy atom. The van der Waals surface area contributed by atoms with Gasteiger partial charge in [0.15, 0.2) is 5.67 Å². The highest BCUT2D eigenvalue weighted by atomic mass is 79.9. The summed E-state index contributed by atoms with van der Waals surface area (Å²) in [6.45, 7) is 5.20. The molecule has 0 unspecified atom stereocenters. The zero-order valence-corrected chi connectivity index (χ0v) is 20.4. The third-order valence-corrected chi connectivity index (χ3v) is 5.71. The maximum atomic E-state index is 15.6. The van der Waals surface area contributed by atoms with Crippen molar-refractivity contribution in [1.82, 2.24) is 9.88 Å². The van der Waals surface area contributed by atoms with E-state index in [9.17, 15) is 9.59 Å². The quantitative estimate of drug-likeness (QED) is 0.489. The minimum absolute atomic E-state index is 0.169. The van der Waals surface area contributed by atoms with Crippen LogP contribution < -0.4 is 5.32 Å². The third-order valence-electron chi connectivity index (χ3n) is 5.27. The first-order valence-electron chi connectivity index (χ1n) is 11.0. The second-order valence-corrected chi connectivity index (χ2v) is 10.2. The molecule has 1 aromatic heterocycles. The Labute approximate surface area is 196 Å². The van der Waals surface area contributed by atoms with Crippen LogP contribution in [0, 0.1) is 0 Å². The lowest BCUT2D eigenvalue weighted by Gasteiger charge is -2.28. The fraction of sp³-hybridized carbons (Fsp3) is 0.609. The van der Waals surface area contributed by atoms with Crippen LogP contribution in [0.25, 0.3) is 6.08 Å². The summed E-state index contributed by atoms with van der Waals surface area (Å²) >= 11 is 3.33. The van der Waals surface area contributed by atoms with Crippen molar-refractivity contribution in [2.45, 2.75) is 70.2 Å². The molecule has 1 N–H and O–H groups in total. The number of nitrogens with one attached hydrogen (secondary N) is 1. The van der Waals surface area contributed by atoms with E-state index >= 15 is 4.39 Å². The number of rotatable bonds is 0. The molecule has 32 heavy (non-hydrogen) atoms. The molecule has 1 saturated heterocycles. The van der Waals surface area contributed by atoms with Gasteiger partial charge in [-0.05, 0) is 68.1 Å². The van der Waals surface area contributed by atoms with Crippen LogP contribution in [0.5, 0.6) is 0 Å². The van der Waals surface area contributed by atoms with Gasteiger partial charge in [-0.25, -0.2) is 14.2 Å². The summed E-state index contributed by atoms with van der Waals surface area (Å²) in [5.41, 5.74) is -1.86. The van der Waals surface area contributed by atoms with E-state index in [0.717, 1.165) is 36.1 Å². The second-order valence-electron chi connectivity index (χ2n) is 9.34. The molecule has 0 aliphatic carbocycles. The van der Waals surface area contributed by atoms with Crippen molar-refractivity contribution >= 4 is 39.8 Å². The Kier molecular flexibility index (Phi) is 7.92. The van der Waals surface area contributed by atoms with Gasteiger partial charge in [-0.3, -0.25) is 9.69 Å². The average molecular weight is 512 g/mol. The number of carbonyl (C=O) groups is 2. The van der Waals surface area contributed by atoms with Crippen LogP contribution in [0.1, 0.15) is 58.4 Å². The summed E-state index contributed by atoms with van der Waals surface area (Å²) in [7, 11) is 0. The number of ether oxygens (including phenoxy) is 2. The number of hydrogen-bond donors (Lipinski definition) is 1. The molecule has 0 aromatic carbocycles. The lowest BCUT2D eigenvalue weighted by Crippen LogP contribution is -2.45. The van der Waals surface area contributed by atoms with Crippen LogP contribution in [-0.4, -0.2) is 59.0 Å². The molecule has 1 fully saturated rings. The zero-order chi connectivity index (χ0) is 23.4. The highest BCUT2D eigenvalue weighted by Gasteiger charge is 2.51. The molecule has 2 aliphatic rings. The van der Waals surface area contributed by atoms with Crippen LogP contribution in [0.2, 0.25) is 0 Å². The minimum atomic E-state index is -1.83. The molecule has 2 atom stereocenters. The second kappa shape index (κ2) is 10.3. The normalized spacial score (nSPS) is 26.2. The van der Waals surface area contributed by atoms with E-state index in [1.165, 1.54) is 0 Å². The standard InChI is InChI=1S/C23H31BrFN3O4/c1-22(2,3)32-21(30)28-14-23(25)13-17(28)20(29)27-19-16(10-11-18(24)26-19)9-7-5-4-6-8-12-31-15-23/h7,9-11,17H,4-6,8,12-15H2,1-3H3,(H,26,27,29)/b9-7+/t17-,23+/m0/s1. The van der Waals surface area contributed by atoms with Gasteiger partial charge in [0.2, 0.25) is 5.91 Å². The number of anilines is 1. The molecule has 176 valence electrons. The van der Waals surface area contributed by atoms with Crippen molar-refractivity contribution in [3.05, 3.63) is 28.4 Å². The van der Waals surface area contributed by atoms with Gasteiger partial charge in [0, 0.05) is 18.6 Å². The Hall–Kier alpha value is -2.00. The predicted molar refractivity (Wildman–Crippen MR) is 124 cm³/mol. The lowest BCUT2D eigenvalue weighted by atomic mass is 10.0. The number of allylic oxidation sites excluding steroid dienone is 1. The number of nitrogens with zero attached hydrogens (tertiary/aromatic N) is 2.